The van der Waals surface area contributed by atoms with Gasteiger partial charge in [-0.15, -0.1) is 0 Å². The zero-order valence-corrected chi connectivity index (χ0v) is 22.5. The maximum atomic E-state index is 15.7. The van der Waals surface area contributed by atoms with Gasteiger partial charge in [0.15, 0.2) is 5.78 Å². The predicted octanol–water partition coefficient (Wildman–Crippen LogP) is 8.47. The third-order valence-electron chi connectivity index (χ3n) is 7.63. The maximum absolute atomic E-state index is 15.7. The summed E-state index contributed by atoms with van der Waals surface area (Å²) in [5.41, 5.74) is -9.17. The van der Waals surface area contributed by atoms with E-state index in [9.17, 15) is 18.0 Å². The second kappa shape index (κ2) is 9.48. The van der Waals surface area contributed by atoms with Crippen molar-refractivity contribution in [3.8, 4) is 11.3 Å². The largest absolute Gasteiger partial charge is 0.422 e. The van der Waals surface area contributed by atoms with Crippen molar-refractivity contribution in [3.63, 3.8) is 0 Å². The molecule has 42 heavy (non-hydrogen) atoms. The van der Waals surface area contributed by atoms with Crippen LogP contribution in [0.25, 0.3) is 16.1 Å². The lowest BCUT2D eigenvalue weighted by Gasteiger charge is -2.30. The molecule has 3 heterocycles. The highest BCUT2D eigenvalue weighted by molar-refractivity contribution is 6.11. The standard InChI is InChI=1S/C31H20F7N3O/c1-29(2)17-13-16(25(34)27(39-5)26(17)35)28(42)15-12-14(23(32)22(24(15)33)31(36,37)38)18-8-6-9-20(40-18)30(3,4)21-11-7-10-19(29)41-21/h6-13H,1-4H3. The summed E-state index contributed by atoms with van der Waals surface area (Å²) >= 11 is 0. The van der Waals surface area contributed by atoms with Crippen LogP contribution in [0.1, 0.15) is 71.8 Å². The fourth-order valence-electron chi connectivity index (χ4n) is 5.06. The molecule has 1 aliphatic heterocycles. The molecule has 0 saturated carbocycles. The molecule has 0 saturated heterocycles. The van der Waals surface area contributed by atoms with Crippen molar-refractivity contribution in [1.29, 1.82) is 0 Å². The van der Waals surface area contributed by atoms with Gasteiger partial charge in [-0.3, -0.25) is 14.8 Å². The number of benzene rings is 2. The van der Waals surface area contributed by atoms with Crippen LogP contribution in [0.2, 0.25) is 0 Å². The predicted molar refractivity (Wildman–Crippen MR) is 139 cm³/mol. The molecule has 2 aromatic heterocycles. The Balaban J connectivity index is 2.01. The molecule has 11 heteroatoms. The van der Waals surface area contributed by atoms with Crippen molar-refractivity contribution in [1.82, 2.24) is 9.97 Å². The number of hydrogen-bond donors (Lipinski definition) is 0. The molecule has 214 valence electrons. The minimum Gasteiger partial charge on any atom is -0.288 e. The van der Waals surface area contributed by atoms with Gasteiger partial charge in [0.25, 0.3) is 5.69 Å². The Morgan fingerprint density at radius 1 is 0.714 bits per heavy atom. The van der Waals surface area contributed by atoms with Gasteiger partial charge < -0.3 is 0 Å². The third-order valence-corrected chi connectivity index (χ3v) is 7.63. The molecule has 5 rings (SSSR count). The number of nitrogens with zero attached hydrogens (tertiary/aromatic N) is 3. The molecule has 4 nitrogen and oxygen atoms in total. The topological polar surface area (TPSA) is 47.2 Å². The molecule has 2 aromatic carbocycles. The zero-order chi connectivity index (χ0) is 30.9. The monoisotopic (exact) mass is 583 g/mol. The van der Waals surface area contributed by atoms with Crippen molar-refractivity contribution in [3.05, 3.63) is 123 Å². The van der Waals surface area contributed by atoms with E-state index in [1.807, 2.05) is 0 Å². The highest BCUT2D eigenvalue weighted by Crippen LogP contribution is 2.43. The zero-order valence-electron chi connectivity index (χ0n) is 22.5. The van der Waals surface area contributed by atoms with Crippen LogP contribution in [0.5, 0.6) is 0 Å². The van der Waals surface area contributed by atoms with Crippen LogP contribution in [0, 0.1) is 29.8 Å². The first-order valence-electron chi connectivity index (χ1n) is 12.5. The second-order valence-corrected chi connectivity index (χ2v) is 10.9. The van der Waals surface area contributed by atoms with E-state index in [4.69, 9.17) is 11.6 Å². The molecule has 0 amide bonds. The molecular weight excluding hydrogens is 563 g/mol. The number of carbonyl (C=O) groups is 1. The fourth-order valence-corrected chi connectivity index (χ4v) is 5.06. The van der Waals surface area contributed by atoms with E-state index in [0.29, 0.717) is 11.8 Å². The van der Waals surface area contributed by atoms with Gasteiger partial charge in [0.05, 0.1) is 34.9 Å². The molecule has 0 unspecified atom stereocenters. The van der Waals surface area contributed by atoms with Gasteiger partial charge in [0.1, 0.15) is 28.8 Å². The van der Waals surface area contributed by atoms with Crippen LogP contribution in [-0.2, 0) is 17.0 Å². The average Bonchev–Trinajstić information content (AvgIpc) is 2.92. The van der Waals surface area contributed by atoms with Crippen LogP contribution < -0.4 is 0 Å². The van der Waals surface area contributed by atoms with Gasteiger partial charge in [-0.1, -0.05) is 26.0 Å². The summed E-state index contributed by atoms with van der Waals surface area (Å²) in [6.07, 6.45) is -5.60. The SMILES string of the molecule is [C-]#[N+]c1c(F)c2cc(c1F)C(C)(C)c1cccc(n1)C(C)(C)c1cccc(n1)-c1cc(c(F)c(C(F)(F)F)c1F)C2=O. The lowest BCUT2D eigenvalue weighted by atomic mass is 9.78. The lowest BCUT2D eigenvalue weighted by Crippen LogP contribution is -2.27. The number of ketones is 1. The van der Waals surface area contributed by atoms with Crippen LogP contribution >= 0.6 is 0 Å². The molecule has 1 aliphatic rings. The second-order valence-electron chi connectivity index (χ2n) is 10.9. The van der Waals surface area contributed by atoms with Gasteiger partial charge in [-0.25, -0.2) is 22.4 Å². The Morgan fingerprint density at radius 2 is 1.24 bits per heavy atom. The molecule has 0 aliphatic carbocycles. The highest BCUT2D eigenvalue weighted by Gasteiger charge is 2.42. The van der Waals surface area contributed by atoms with Gasteiger partial charge in [-0.05, 0) is 55.8 Å². The molecule has 0 spiro atoms. The van der Waals surface area contributed by atoms with Gasteiger partial charge in [-0.2, -0.15) is 13.2 Å². The van der Waals surface area contributed by atoms with Crippen molar-refractivity contribution < 1.29 is 35.5 Å². The summed E-state index contributed by atoms with van der Waals surface area (Å²) < 4.78 is 104. The molecule has 4 aromatic rings. The van der Waals surface area contributed by atoms with Crippen LogP contribution in [0.3, 0.4) is 0 Å². The molecular formula is C31H20F7N3O. The number of alkyl halides is 3. The van der Waals surface area contributed by atoms with Crippen molar-refractivity contribution >= 4 is 11.5 Å². The minimum absolute atomic E-state index is 0.246. The summed E-state index contributed by atoms with van der Waals surface area (Å²) in [7, 11) is 0. The van der Waals surface area contributed by atoms with Crippen LogP contribution in [0.4, 0.5) is 36.4 Å². The Labute approximate surface area is 235 Å². The minimum atomic E-state index is -5.60. The first-order chi connectivity index (χ1) is 19.5. The smallest absolute Gasteiger partial charge is 0.288 e. The summed E-state index contributed by atoms with van der Waals surface area (Å²) in [4.78, 5) is 25.5. The first-order valence-corrected chi connectivity index (χ1v) is 12.5. The molecule has 0 radical (unpaired) electrons. The number of rotatable bonds is 0. The number of halogens is 7. The molecule has 0 atom stereocenters. The Morgan fingerprint density at radius 3 is 1.83 bits per heavy atom. The fraction of sp³-hybridized carbons (Fsp3) is 0.226. The number of pyridine rings is 2. The van der Waals surface area contributed by atoms with Crippen molar-refractivity contribution in [2.24, 2.45) is 0 Å². The summed E-state index contributed by atoms with van der Waals surface area (Å²) in [6.45, 7) is 13.8. The molecule has 0 N–H and O–H groups in total. The number of aromatic nitrogens is 2. The normalized spacial score (nSPS) is 15.4. The first kappa shape index (κ1) is 28.9. The Bertz CT molecular complexity index is 1850. The average molecular weight is 584 g/mol. The third kappa shape index (κ3) is 4.24. The molecule has 0 fully saturated rings. The lowest BCUT2D eigenvalue weighted by molar-refractivity contribution is -0.142. The van der Waals surface area contributed by atoms with Crippen LogP contribution in [0.15, 0.2) is 48.5 Å². The van der Waals surface area contributed by atoms with E-state index in [1.165, 1.54) is 26.0 Å². The van der Waals surface area contributed by atoms with E-state index >= 15 is 17.6 Å². The van der Waals surface area contributed by atoms with E-state index < -0.39 is 74.0 Å². The van der Waals surface area contributed by atoms with Gasteiger partial charge in [0.2, 0.25) is 0 Å². The summed E-state index contributed by atoms with van der Waals surface area (Å²) in [5, 5.41) is 0. The van der Waals surface area contributed by atoms with Crippen molar-refractivity contribution in [2.75, 3.05) is 0 Å². The van der Waals surface area contributed by atoms with Crippen LogP contribution in [-0.4, -0.2) is 15.8 Å². The highest BCUT2D eigenvalue weighted by atomic mass is 19.4. The van der Waals surface area contributed by atoms with Gasteiger partial charge >= 0.3 is 6.18 Å². The quantitative estimate of drug-likeness (QED) is 0.154. The summed E-state index contributed by atoms with van der Waals surface area (Å²) in [6, 6.07) is 10.2. The molecule has 8 bridgehead atoms. The van der Waals surface area contributed by atoms with E-state index in [-0.39, 0.29) is 22.6 Å². The number of carbonyl (C=O) groups excluding carboxylic acids is 1. The van der Waals surface area contributed by atoms with Gasteiger partial charge in [0, 0.05) is 22.0 Å². The maximum Gasteiger partial charge on any atom is 0.422 e. The van der Waals surface area contributed by atoms with Crippen molar-refractivity contribution in [2.45, 2.75) is 44.7 Å². The Hall–Kier alpha value is -4.59. The van der Waals surface area contributed by atoms with E-state index in [1.54, 1.807) is 38.1 Å². The number of fused-ring (bicyclic) bond motifs is 9. The van der Waals surface area contributed by atoms with E-state index in [0.717, 1.165) is 6.07 Å². The Kier molecular flexibility index (Phi) is 6.53. The summed E-state index contributed by atoms with van der Waals surface area (Å²) in [5.74, 6) is -8.96. The number of hydrogen-bond acceptors (Lipinski definition) is 3. The van der Waals surface area contributed by atoms with E-state index in [2.05, 4.69) is 9.83 Å².